The average molecular weight is 362 g/mol. The van der Waals surface area contributed by atoms with Crippen LogP contribution in [0.5, 0.6) is 0 Å². The van der Waals surface area contributed by atoms with Crippen molar-refractivity contribution in [2.24, 2.45) is 5.73 Å². The summed E-state index contributed by atoms with van der Waals surface area (Å²) in [6.07, 6.45) is 1.93. The van der Waals surface area contributed by atoms with Gasteiger partial charge in [-0.3, -0.25) is 0 Å². The first-order valence-electron chi connectivity index (χ1n) is 9.06. The summed E-state index contributed by atoms with van der Waals surface area (Å²) in [6, 6.07) is 8.81. The van der Waals surface area contributed by atoms with Gasteiger partial charge in [0.1, 0.15) is 0 Å². The lowest BCUT2D eigenvalue weighted by Crippen LogP contribution is -2.76. The van der Waals surface area contributed by atoms with Crippen LogP contribution in [-0.4, -0.2) is 16.1 Å². The Bertz CT molecular complexity index is 575. The zero-order chi connectivity index (χ0) is 19.2. The monoisotopic (exact) mass is 361 g/mol. The molecule has 0 heterocycles. The molecule has 0 aliphatic heterocycles. The summed E-state index contributed by atoms with van der Waals surface area (Å²) in [7, 11) is -3.75. The first kappa shape index (κ1) is 21.4. The van der Waals surface area contributed by atoms with E-state index in [4.69, 9.17) is 5.73 Å². The highest BCUT2D eigenvalue weighted by atomic mass is 28.4. The summed E-state index contributed by atoms with van der Waals surface area (Å²) in [4.78, 5) is -0.227. The normalized spacial score (nSPS) is 14.6. The SMILES string of the molecule is C=Cc1cccc(C(N)([Si](C)(C)C(C)(C)C)[Si](C)(C)C(C)(C)C)c1. The standard InChI is InChI=1S/C21H39NSi2/c1-12-17-14-13-15-18(16-17)21(22,23(8,9)19(2,3)4)24(10,11)20(5,6)7/h12-16H,1,22H2,2-11H3. The Kier molecular flexibility index (Phi) is 5.58. The average Bonchev–Trinajstić information content (AvgIpc) is 2.43. The first-order chi connectivity index (χ1) is 10.5. The summed E-state index contributed by atoms with van der Waals surface area (Å²) in [5, 5.41) is 0.447. The van der Waals surface area contributed by atoms with E-state index in [0.29, 0.717) is 0 Å². The van der Waals surface area contributed by atoms with Crippen LogP contribution in [0.1, 0.15) is 52.7 Å². The Hall–Kier alpha value is -0.646. The third-order valence-corrected chi connectivity index (χ3v) is 23.1. The summed E-state index contributed by atoms with van der Waals surface area (Å²) >= 11 is 0. The topological polar surface area (TPSA) is 26.0 Å². The van der Waals surface area contributed by atoms with E-state index in [1.807, 2.05) is 6.08 Å². The Morgan fingerprint density at radius 3 is 1.62 bits per heavy atom. The van der Waals surface area contributed by atoms with Gasteiger partial charge in [-0.1, -0.05) is 105 Å². The molecule has 0 bridgehead atoms. The third-order valence-electron chi connectivity index (χ3n) is 7.30. The molecule has 0 aliphatic carbocycles. The summed E-state index contributed by atoms with van der Waals surface area (Å²) < 4.78 is 0. The lowest BCUT2D eigenvalue weighted by molar-refractivity contribution is 0.614. The minimum atomic E-state index is -1.88. The maximum absolute atomic E-state index is 7.56. The number of benzene rings is 1. The van der Waals surface area contributed by atoms with Gasteiger partial charge >= 0.3 is 0 Å². The second-order valence-corrected chi connectivity index (χ2v) is 22.0. The quantitative estimate of drug-likeness (QED) is 0.602. The minimum Gasteiger partial charge on any atom is -0.326 e. The Balaban J connectivity index is 3.87. The summed E-state index contributed by atoms with van der Waals surface area (Å²) in [5.41, 5.74) is 10.0. The van der Waals surface area contributed by atoms with Gasteiger partial charge in [0, 0.05) is 4.79 Å². The number of rotatable bonds is 4. The summed E-state index contributed by atoms with van der Waals surface area (Å²) in [5.74, 6) is 0. The van der Waals surface area contributed by atoms with Crippen LogP contribution in [0, 0.1) is 0 Å². The van der Waals surface area contributed by atoms with Crippen LogP contribution in [0.3, 0.4) is 0 Å². The van der Waals surface area contributed by atoms with Gasteiger partial charge in [0.15, 0.2) is 0 Å². The van der Waals surface area contributed by atoms with E-state index >= 15 is 0 Å². The van der Waals surface area contributed by atoms with Crippen LogP contribution >= 0.6 is 0 Å². The highest BCUT2D eigenvalue weighted by Crippen LogP contribution is 2.55. The molecule has 0 amide bonds. The third kappa shape index (κ3) is 3.11. The maximum atomic E-state index is 7.56. The van der Waals surface area contributed by atoms with Gasteiger partial charge in [-0.05, 0) is 21.2 Å². The molecule has 1 rings (SSSR count). The fraction of sp³-hybridized carbons (Fsp3) is 0.619. The molecule has 0 saturated carbocycles. The van der Waals surface area contributed by atoms with Crippen molar-refractivity contribution in [1.29, 1.82) is 0 Å². The zero-order valence-electron chi connectivity index (χ0n) is 17.7. The molecule has 0 atom stereocenters. The number of nitrogens with two attached hydrogens (primary N) is 1. The van der Waals surface area contributed by atoms with Gasteiger partial charge < -0.3 is 5.73 Å². The van der Waals surface area contributed by atoms with Crippen LogP contribution in [0.2, 0.25) is 36.3 Å². The van der Waals surface area contributed by atoms with E-state index in [2.05, 4.69) is 98.6 Å². The van der Waals surface area contributed by atoms with E-state index in [1.165, 1.54) is 11.1 Å². The molecule has 1 aromatic rings. The van der Waals surface area contributed by atoms with Crippen molar-refractivity contribution >= 4 is 22.2 Å². The molecule has 0 aliphatic rings. The van der Waals surface area contributed by atoms with Crippen molar-refractivity contribution in [3.8, 4) is 0 Å². The van der Waals surface area contributed by atoms with Gasteiger partial charge in [0.25, 0.3) is 0 Å². The summed E-state index contributed by atoms with van der Waals surface area (Å²) in [6.45, 7) is 28.2. The number of hydrogen-bond donors (Lipinski definition) is 1. The highest BCUT2D eigenvalue weighted by molar-refractivity contribution is 7.01. The fourth-order valence-electron chi connectivity index (χ4n) is 3.60. The fourth-order valence-corrected chi connectivity index (χ4v) is 16.2. The van der Waals surface area contributed by atoms with Crippen LogP contribution < -0.4 is 5.73 Å². The minimum absolute atomic E-state index is 0.224. The van der Waals surface area contributed by atoms with Gasteiger partial charge in [-0.2, -0.15) is 0 Å². The molecular formula is C21H39NSi2. The van der Waals surface area contributed by atoms with Crippen LogP contribution in [0.25, 0.3) is 6.08 Å². The van der Waals surface area contributed by atoms with Crippen molar-refractivity contribution in [3.63, 3.8) is 0 Å². The van der Waals surface area contributed by atoms with Gasteiger partial charge in [-0.15, -0.1) is 0 Å². The van der Waals surface area contributed by atoms with E-state index < -0.39 is 16.1 Å². The molecule has 0 radical (unpaired) electrons. The first-order valence-corrected chi connectivity index (χ1v) is 15.1. The second-order valence-electron chi connectivity index (χ2n) is 10.4. The molecular weight excluding hydrogens is 322 g/mol. The Morgan fingerprint density at radius 1 is 0.875 bits per heavy atom. The molecule has 136 valence electrons. The zero-order valence-corrected chi connectivity index (χ0v) is 19.7. The second kappa shape index (κ2) is 6.26. The van der Waals surface area contributed by atoms with Gasteiger partial charge in [0.05, 0.1) is 16.1 Å². The molecule has 0 fully saturated rings. The lowest BCUT2D eigenvalue weighted by Gasteiger charge is -2.61. The maximum Gasteiger partial charge on any atom is 0.0773 e. The van der Waals surface area contributed by atoms with Gasteiger partial charge in [-0.25, -0.2) is 0 Å². The molecule has 24 heavy (non-hydrogen) atoms. The molecule has 0 saturated heterocycles. The highest BCUT2D eigenvalue weighted by Gasteiger charge is 2.62. The van der Waals surface area contributed by atoms with Crippen LogP contribution in [-0.2, 0) is 4.79 Å². The lowest BCUT2D eigenvalue weighted by atomic mass is 10.1. The Labute approximate surface area is 152 Å². The van der Waals surface area contributed by atoms with Crippen molar-refractivity contribution in [2.45, 2.75) is 82.6 Å². The molecule has 0 spiro atoms. The molecule has 0 aromatic heterocycles. The van der Waals surface area contributed by atoms with E-state index in [9.17, 15) is 0 Å². The molecule has 2 N–H and O–H groups in total. The molecule has 1 nitrogen and oxygen atoms in total. The van der Waals surface area contributed by atoms with Crippen LogP contribution in [0.15, 0.2) is 30.8 Å². The largest absolute Gasteiger partial charge is 0.326 e. The van der Waals surface area contributed by atoms with Crippen molar-refractivity contribution in [1.82, 2.24) is 0 Å². The van der Waals surface area contributed by atoms with Crippen LogP contribution in [0.4, 0.5) is 0 Å². The van der Waals surface area contributed by atoms with Crippen molar-refractivity contribution in [3.05, 3.63) is 42.0 Å². The number of hydrogen-bond acceptors (Lipinski definition) is 1. The molecule has 0 unspecified atom stereocenters. The van der Waals surface area contributed by atoms with Gasteiger partial charge in [0.2, 0.25) is 0 Å². The van der Waals surface area contributed by atoms with E-state index in [1.54, 1.807) is 0 Å². The smallest absolute Gasteiger partial charge is 0.0773 e. The van der Waals surface area contributed by atoms with E-state index in [-0.39, 0.29) is 14.9 Å². The molecule has 3 heteroatoms. The van der Waals surface area contributed by atoms with Crippen molar-refractivity contribution in [2.75, 3.05) is 0 Å². The van der Waals surface area contributed by atoms with E-state index in [0.717, 1.165) is 0 Å². The predicted molar refractivity (Wildman–Crippen MR) is 117 cm³/mol. The van der Waals surface area contributed by atoms with Crippen molar-refractivity contribution < 1.29 is 0 Å². The Morgan fingerprint density at radius 2 is 1.29 bits per heavy atom. The molecule has 1 aromatic carbocycles. The predicted octanol–water partition coefficient (Wildman–Crippen LogP) is 6.58.